The Bertz CT molecular complexity index is 463. The van der Waals surface area contributed by atoms with Gasteiger partial charge in [0.05, 0.1) is 0 Å². The summed E-state index contributed by atoms with van der Waals surface area (Å²) in [6.45, 7) is 5.24. The predicted molar refractivity (Wildman–Crippen MR) is 72.2 cm³/mol. The van der Waals surface area contributed by atoms with Gasteiger partial charge in [0.25, 0.3) is 0 Å². The quantitative estimate of drug-likeness (QED) is 0.889. The molecule has 1 rings (SSSR count). The molecular weight excluding hydrogens is 247 g/mol. The third-order valence-corrected chi connectivity index (χ3v) is 2.95. The summed E-state index contributed by atoms with van der Waals surface area (Å²) >= 11 is 0. The van der Waals surface area contributed by atoms with Gasteiger partial charge >= 0.3 is 0 Å². The molecule has 1 atom stereocenters. The number of amides is 2. The van der Waals surface area contributed by atoms with E-state index in [1.807, 2.05) is 13.8 Å². The molecule has 0 bridgehead atoms. The molecular formula is C14H19FN2O2. The summed E-state index contributed by atoms with van der Waals surface area (Å²) in [5, 5.41) is 2.57. The van der Waals surface area contributed by atoms with Gasteiger partial charge < -0.3 is 10.2 Å². The first-order chi connectivity index (χ1) is 8.93. The number of rotatable bonds is 5. The lowest BCUT2D eigenvalue weighted by molar-refractivity contribution is -0.134. The Labute approximate surface area is 112 Å². The molecule has 0 heterocycles. The van der Waals surface area contributed by atoms with Crippen LogP contribution in [0.15, 0.2) is 24.3 Å². The highest BCUT2D eigenvalue weighted by Crippen LogP contribution is 2.10. The van der Waals surface area contributed by atoms with Gasteiger partial charge in [0.1, 0.15) is 12.4 Å². The highest BCUT2D eigenvalue weighted by Gasteiger charge is 2.18. The Morgan fingerprint density at radius 1 is 1.42 bits per heavy atom. The van der Waals surface area contributed by atoms with Crippen molar-refractivity contribution in [1.29, 1.82) is 0 Å². The third kappa shape index (κ3) is 4.69. The Morgan fingerprint density at radius 2 is 2.11 bits per heavy atom. The number of carbonyl (C=O) groups excluding carboxylic acids is 2. The van der Waals surface area contributed by atoms with Crippen LogP contribution in [0, 0.1) is 5.82 Å². The van der Waals surface area contributed by atoms with Crippen molar-refractivity contribution in [3.05, 3.63) is 30.1 Å². The van der Waals surface area contributed by atoms with Gasteiger partial charge in [-0.3, -0.25) is 9.59 Å². The van der Waals surface area contributed by atoms with E-state index >= 15 is 0 Å². The number of benzene rings is 1. The molecule has 0 fully saturated rings. The number of carbonyl (C=O) groups is 2. The maximum absolute atomic E-state index is 13.0. The van der Waals surface area contributed by atoms with E-state index in [0.29, 0.717) is 5.69 Å². The Balaban J connectivity index is 2.65. The van der Waals surface area contributed by atoms with Crippen LogP contribution in [0.25, 0.3) is 0 Å². The van der Waals surface area contributed by atoms with Gasteiger partial charge in [-0.1, -0.05) is 13.0 Å². The van der Waals surface area contributed by atoms with Gasteiger partial charge in [-0.15, -0.1) is 0 Å². The van der Waals surface area contributed by atoms with E-state index in [2.05, 4.69) is 5.32 Å². The molecule has 1 N–H and O–H groups in total. The first-order valence-electron chi connectivity index (χ1n) is 6.26. The van der Waals surface area contributed by atoms with Crippen molar-refractivity contribution < 1.29 is 14.0 Å². The van der Waals surface area contributed by atoms with Gasteiger partial charge in [0.15, 0.2) is 0 Å². The fourth-order valence-corrected chi connectivity index (χ4v) is 1.72. The Morgan fingerprint density at radius 3 is 2.63 bits per heavy atom. The van der Waals surface area contributed by atoms with Crippen LogP contribution in [0.4, 0.5) is 10.1 Å². The smallest absolute Gasteiger partial charge is 0.244 e. The first kappa shape index (κ1) is 15.1. The lowest BCUT2D eigenvalue weighted by Gasteiger charge is -2.26. The summed E-state index contributed by atoms with van der Waals surface area (Å²) in [4.78, 5) is 24.8. The minimum Gasteiger partial charge on any atom is -0.331 e. The second-order valence-corrected chi connectivity index (χ2v) is 4.46. The standard InChI is InChI=1S/C14H19FN2O2/c1-4-10(2)17(11(3)18)9-14(19)16-13-7-5-6-12(15)8-13/h5-8,10H,4,9H2,1-3H3,(H,16,19). The van der Waals surface area contributed by atoms with E-state index in [4.69, 9.17) is 0 Å². The molecule has 0 saturated carbocycles. The molecule has 0 aromatic heterocycles. The molecule has 0 radical (unpaired) electrons. The molecule has 0 saturated heterocycles. The third-order valence-electron chi connectivity index (χ3n) is 2.95. The van der Waals surface area contributed by atoms with Gasteiger partial charge in [-0.05, 0) is 31.5 Å². The summed E-state index contributed by atoms with van der Waals surface area (Å²) in [6, 6.07) is 5.65. The van der Waals surface area contributed by atoms with Crippen LogP contribution >= 0.6 is 0 Å². The molecule has 0 aliphatic heterocycles. The molecule has 0 spiro atoms. The van der Waals surface area contributed by atoms with Crippen molar-refractivity contribution in [3.63, 3.8) is 0 Å². The zero-order chi connectivity index (χ0) is 14.4. The minimum atomic E-state index is -0.414. The van der Waals surface area contributed by atoms with Crippen molar-refractivity contribution >= 4 is 17.5 Å². The van der Waals surface area contributed by atoms with Crippen molar-refractivity contribution in [2.75, 3.05) is 11.9 Å². The van der Waals surface area contributed by atoms with Crippen molar-refractivity contribution in [2.45, 2.75) is 33.2 Å². The summed E-state index contributed by atoms with van der Waals surface area (Å²) in [6.07, 6.45) is 0.771. The fraction of sp³-hybridized carbons (Fsp3) is 0.429. The normalized spacial score (nSPS) is 11.8. The molecule has 1 aromatic carbocycles. The minimum absolute atomic E-state index is 0.00393. The second-order valence-electron chi connectivity index (χ2n) is 4.46. The van der Waals surface area contributed by atoms with Crippen LogP contribution in [0.5, 0.6) is 0 Å². The Kier molecular flexibility index (Phi) is 5.48. The van der Waals surface area contributed by atoms with E-state index in [9.17, 15) is 14.0 Å². The fourth-order valence-electron chi connectivity index (χ4n) is 1.72. The number of hydrogen-bond donors (Lipinski definition) is 1. The molecule has 2 amide bonds. The lowest BCUT2D eigenvalue weighted by atomic mass is 10.2. The summed E-state index contributed by atoms with van der Waals surface area (Å²) in [5.74, 6) is -0.895. The van der Waals surface area contributed by atoms with E-state index in [-0.39, 0.29) is 24.4 Å². The second kappa shape index (κ2) is 6.87. The zero-order valence-corrected chi connectivity index (χ0v) is 11.4. The predicted octanol–water partition coefficient (Wildman–Crippen LogP) is 2.41. The van der Waals surface area contributed by atoms with Gasteiger partial charge in [0, 0.05) is 18.7 Å². The van der Waals surface area contributed by atoms with Gasteiger partial charge in [-0.25, -0.2) is 4.39 Å². The van der Waals surface area contributed by atoms with Crippen molar-refractivity contribution in [1.82, 2.24) is 4.90 Å². The molecule has 5 heteroatoms. The lowest BCUT2D eigenvalue weighted by Crippen LogP contribution is -2.42. The average molecular weight is 266 g/mol. The van der Waals surface area contributed by atoms with E-state index in [1.54, 1.807) is 6.07 Å². The maximum atomic E-state index is 13.0. The molecule has 4 nitrogen and oxygen atoms in total. The van der Waals surface area contributed by atoms with Crippen molar-refractivity contribution in [3.8, 4) is 0 Å². The largest absolute Gasteiger partial charge is 0.331 e. The number of hydrogen-bond acceptors (Lipinski definition) is 2. The Hall–Kier alpha value is -1.91. The SMILES string of the molecule is CCC(C)N(CC(=O)Nc1cccc(F)c1)C(C)=O. The maximum Gasteiger partial charge on any atom is 0.244 e. The molecule has 1 unspecified atom stereocenters. The van der Waals surface area contributed by atoms with Crippen molar-refractivity contribution in [2.24, 2.45) is 0 Å². The zero-order valence-electron chi connectivity index (χ0n) is 11.4. The van der Waals surface area contributed by atoms with E-state index in [1.165, 1.54) is 30.0 Å². The molecule has 104 valence electrons. The highest BCUT2D eigenvalue weighted by molar-refractivity contribution is 5.94. The van der Waals surface area contributed by atoms with Crippen LogP contribution in [-0.2, 0) is 9.59 Å². The summed E-state index contributed by atoms with van der Waals surface area (Å²) in [5.41, 5.74) is 0.387. The number of anilines is 1. The van der Waals surface area contributed by atoms with Gasteiger partial charge in [-0.2, -0.15) is 0 Å². The topological polar surface area (TPSA) is 49.4 Å². The number of nitrogens with one attached hydrogen (secondary N) is 1. The van der Waals surface area contributed by atoms with E-state index in [0.717, 1.165) is 6.42 Å². The molecule has 0 aliphatic rings. The summed E-state index contributed by atoms with van der Waals surface area (Å²) in [7, 11) is 0. The molecule has 0 aliphatic carbocycles. The number of nitrogens with zero attached hydrogens (tertiary/aromatic N) is 1. The van der Waals surface area contributed by atoms with E-state index < -0.39 is 5.82 Å². The van der Waals surface area contributed by atoms with Crippen LogP contribution in [0.3, 0.4) is 0 Å². The first-order valence-corrected chi connectivity index (χ1v) is 6.26. The highest BCUT2D eigenvalue weighted by atomic mass is 19.1. The molecule has 1 aromatic rings. The number of halogens is 1. The van der Waals surface area contributed by atoms with Crippen LogP contribution in [0.2, 0.25) is 0 Å². The monoisotopic (exact) mass is 266 g/mol. The molecule has 19 heavy (non-hydrogen) atoms. The average Bonchev–Trinajstić information content (AvgIpc) is 2.34. The van der Waals surface area contributed by atoms with Gasteiger partial charge in [0.2, 0.25) is 11.8 Å². The summed E-state index contributed by atoms with van der Waals surface area (Å²) < 4.78 is 13.0. The van der Waals surface area contributed by atoms with Crippen LogP contribution in [0.1, 0.15) is 27.2 Å². The van der Waals surface area contributed by atoms with Crippen LogP contribution < -0.4 is 5.32 Å². The van der Waals surface area contributed by atoms with Crippen LogP contribution in [-0.4, -0.2) is 29.3 Å².